The van der Waals surface area contributed by atoms with Crippen molar-refractivity contribution in [2.45, 2.75) is 6.92 Å². The molecule has 0 saturated carbocycles. The summed E-state index contributed by atoms with van der Waals surface area (Å²) in [5.41, 5.74) is 0.933. The zero-order valence-electron chi connectivity index (χ0n) is 6.97. The van der Waals surface area contributed by atoms with Crippen LogP contribution < -0.4 is 0 Å². The standard InChI is InChI=1S/C8H6FN.C2H4/c1-6-2-3-7(5-10)8(9)4-6;1-2/h2-4H,1H3;1-2H2. The molecule has 1 aromatic carbocycles. The molecule has 2 heteroatoms. The van der Waals surface area contributed by atoms with Gasteiger partial charge in [0.2, 0.25) is 0 Å². The molecular formula is C10H10FN. The molecule has 0 fully saturated rings. The molecule has 62 valence electrons. The van der Waals surface area contributed by atoms with Gasteiger partial charge in [-0.05, 0) is 24.6 Å². The maximum absolute atomic E-state index is 12.6. The molecule has 0 aliphatic rings. The van der Waals surface area contributed by atoms with Crippen molar-refractivity contribution in [3.8, 4) is 6.07 Å². The monoisotopic (exact) mass is 163 g/mol. The second-order valence-corrected chi connectivity index (χ2v) is 2.10. The first kappa shape index (κ1) is 10.4. The van der Waals surface area contributed by atoms with Crippen molar-refractivity contribution in [1.29, 1.82) is 5.26 Å². The predicted octanol–water partition coefficient (Wildman–Crippen LogP) is 2.81. The van der Waals surface area contributed by atoms with Gasteiger partial charge in [0.15, 0.2) is 0 Å². The molecule has 0 atom stereocenters. The van der Waals surface area contributed by atoms with E-state index in [2.05, 4.69) is 13.2 Å². The molecule has 1 rings (SSSR count). The predicted molar refractivity (Wildman–Crippen MR) is 47.1 cm³/mol. The summed E-state index contributed by atoms with van der Waals surface area (Å²) in [4.78, 5) is 0. The van der Waals surface area contributed by atoms with Crippen LogP contribution in [0.2, 0.25) is 0 Å². The highest BCUT2D eigenvalue weighted by Gasteiger charge is 1.98. The lowest BCUT2D eigenvalue weighted by molar-refractivity contribution is 0.623. The van der Waals surface area contributed by atoms with Gasteiger partial charge >= 0.3 is 0 Å². The third kappa shape index (κ3) is 2.55. The van der Waals surface area contributed by atoms with E-state index in [1.54, 1.807) is 19.1 Å². The van der Waals surface area contributed by atoms with Crippen LogP contribution in [0.4, 0.5) is 4.39 Å². The lowest BCUT2D eigenvalue weighted by Gasteiger charge is -1.92. The molecule has 0 bridgehead atoms. The molecular weight excluding hydrogens is 153 g/mol. The minimum atomic E-state index is -0.442. The van der Waals surface area contributed by atoms with Crippen molar-refractivity contribution in [3.63, 3.8) is 0 Å². The topological polar surface area (TPSA) is 23.8 Å². The van der Waals surface area contributed by atoms with Gasteiger partial charge < -0.3 is 0 Å². The Bertz CT molecular complexity index is 299. The fraction of sp³-hybridized carbons (Fsp3) is 0.100. The lowest BCUT2D eigenvalue weighted by atomic mass is 10.1. The van der Waals surface area contributed by atoms with Gasteiger partial charge in [-0.3, -0.25) is 0 Å². The fourth-order valence-electron chi connectivity index (χ4n) is 0.711. The van der Waals surface area contributed by atoms with E-state index in [4.69, 9.17) is 5.26 Å². The van der Waals surface area contributed by atoms with E-state index in [0.29, 0.717) is 0 Å². The minimum Gasteiger partial charge on any atom is -0.206 e. The molecule has 0 heterocycles. The van der Waals surface area contributed by atoms with E-state index >= 15 is 0 Å². The van der Waals surface area contributed by atoms with E-state index in [-0.39, 0.29) is 5.56 Å². The number of aryl methyl sites for hydroxylation is 1. The van der Waals surface area contributed by atoms with Crippen molar-refractivity contribution in [2.75, 3.05) is 0 Å². The SMILES string of the molecule is C=C.Cc1ccc(C#N)c(F)c1. The van der Waals surface area contributed by atoms with E-state index in [1.807, 2.05) is 0 Å². The number of rotatable bonds is 0. The molecule has 0 amide bonds. The molecule has 0 unspecified atom stereocenters. The van der Waals surface area contributed by atoms with Crippen molar-refractivity contribution < 1.29 is 4.39 Å². The van der Waals surface area contributed by atoms with Crippen molar-refractivity contribution in [1.82, 2.24) is 0 Å². The minimum absolute atomic E-state index is 0.102. The Morgan fingerprint density at radius 1 is 1.42 bits per heavy atom. The van der Waals surface area contributed by atoms with E-state index in [9.17, 15) is 4.39 Å². The first-order chi connectivity index (χ1) is 5.74. The Labute approximate surface area is 71.8 Å². The normalized spacial score (nSPS) is 7.75. The average molecular weight is 163 g/mol. The molecule has 0 radical (unpaired) electrons. The fourth-order valence-corrected chi connectivity index (χ4v) is 0.711. The van der Waals surface area contributed by atoms with Crippen LogP contribution in [0.15, 0.2) is 31.4 Å². The highest BCUT2D eigenvalue weighted by atomic mass is 19.1. The van der Waals surface area contributed by atoms with Crippen molar-refractivity contribution in [3.05, 3.63) is 48.3 Å². The molecule has 0 aromatic heterocycles. The summed E-state index contributed by atoms with van der Waals surface area (Å²) >= 11 is 0. The van der Waals surface area contributed by atoms with Crippen LogP contribution in [0.3, 0.4) is 0 Å². The summed E-state index contributed by atoms with van der Waals surface area (Å²) in [5, 5.41) is 8.32. The van der Waals surface area contributed by atoms with Crippen molar-refractivity contribution >= 4 is 0 Å². The maximum Gasteiger partial charge on any atom is 0.141 e. The summed E-state index contributed by atoms with van der Waals surface area (Å²) in [5.74, 6) is -0.442. The summed E-state index contributed by atoms with van der Waals surface area (Å²) in [7, 11) is 0. The van der Waals surface area contributed by atoms with Gasteiger partial charge in [-0.1, -0.05) is 6.07 Å². The number of halogens is 1. The zero-order valence-corrected chi connectivity index (χ0v) is 6.97. The Hall–Kier alpha value is -1.62. The molecule has 0 aliphatic carbocycles. The van der Waals surface area contributed by atoms with E-state index in [0.717, 1.165) is 5.56 Å². The van der Waals surface area contributed by atoms with Gasteiger partial charge in [-0.15, -0.1) is 13.2 Å². The Morgan fingerprint density at radius 3 is 2.42 bits per heavy atom. The van der Waals surface area contributed by atoms with Crippen molar-refractivity contribution in [2.24, 2.45) is 0 Å². The number of nitriles is 1. The number of nitrogens with zero attached hydrogens (tertiary/aromatic N) is 1. The molecule has 1 aromatic rings. The molecule has 1 nitrogen and oxygen atoms in total. The highest BCUT2D eigenvalue weighted by molar-refractivity contribution is 5.32. The molecule has 0 saturated heterocycles. The largest absolute Gasteiger partial charge is 0.206 e. The zero-order chi connectivity index (χ0) is 9.56. The van der Waals surface area contributed by atoms with Crippen LogP contribution >= 0.6 is 0 Å². The van der Waals surface area contributed by atoms with Crippen LogP contribution in [0.5, 0.6) is 0 Å². The van der Waals surface area contributed by atoms with Crippen LogP contribution in [0.1, 0.15) is 11.1 Å². The molecule has 12 heavy (non-hydrogen) atoms. The third-order valence-electron chi connectivity index (χ3n) is 1.25. The van der Waals surface area contributed by atoms with Crippen LogP contribution in [-0.4, -0.2) is 0 Å². The third-order valence-corrected chi connectivity index (χ3v) is 1.25. The second-order valence-electron chi connectivity index (χ2n) is 2.10. The average Bonchev–Trinajstić information content (AvgIpc) is 2.08. The lowest BCUT2D eigenvalue weighted by Crippen LogP contribution is -1.82. The van der Waals surface area contributed by atoms with Crippen LogP contribution in [0.25, 0.3) is 0 Å². The Kier molecular flexibility index (Phi) is 4.40. The van der Waals surface area contributed by atoms with Gasteiger partial charge in [-0.25, -0.2) is 4.39 Å². The first-order valence-corrected chi connectivity index (χ1v) is 3.40. The smallest absolute Gasteiger partial charge is 0.141 e. The molecule has 0 aliphatic heterocycles. The summed E-state index contributed by atoms with van der Waals surface area (Å²) in [6.07, 6.45) is 0. The number of benzene rings is 1. The Balaban J connectivity index is 0.000000561. The van der Waals surface area contributed by atoms with E-state index < -0.39 is 5.82 Å². The highest BCUT2D eigenvalue weighted by Crippen LogP contribution is 2.07. The van der Waals surface area contributed by atoms with Crippen LogP contribution in [0, 0.1) is 24.1 Å². The molecule has 0 spiro atoms. The van der Waals surface area contributed by atoms with Gasteiger partial charge in [0.05, 0.1) is 5.56 Å². The second kappa shape index (κ2) is 5.09. The first-order valence-electron chi connectivity index (χ1n) is 3.40. The van der Waals surface area contributed by atoms with E-state index in [1.165, 1.54) is 12.1 Å². The quantitative estimate of drug-likeness (QED) is 0.539. The van der Waals surface area contributed by atoms with Gasteiger partial charge in [0, 0.05) is 0 Å². The van der Waals surface area contributed by atoms with Crippen LogP contribution in [-0.2, 0) is 0 Å². The van der Waals surface area contributed by atoms with Gasteiger partial charge in [0.1, 0.15) is 11.9 Å². The summed E-state index contributed by atoms with van der Waals surface area (Å²) in [6, 6.07) is 6.28. The molecule has 0 N–H and O–H groups in total. The number of hydrogen-bond donors (Lipinski definition) is 0. The summed E-state index contributed by atoms with van der Waals surface area (Å²) in [6.45, 7) is 7.78. The maximum atomic E-state index is 12.6. The van der Waals surface area contributed by atoms with Gasteiger partial charge in [0.25, 0.3) is 0 Å². The van der Waals surface area contributed by atoms with Gasteiger partial charge in [-0.2, -0.15) is 5.26 Å². The Morgan fingerprint density at radius 2 is 2.00 bits per heavy atom. The summed E-state index contributed by atoms with van der Waals surface area (Å²) < 4.78 is 12.6. The number of hydrogen-bond acceptors (Lipinski definition) is 1.